The zero-order valence-electron chi connectivity index (χ0n) is 13.0. The molecule has 108 valence electrons. The molecule has 0 aromatic heterocycles. The maximum Gasteiger partial charge on any atom is -0.00206 e. The average Bonchev–Trinajstić information content (AvgIpc) is 2.60. The Morgan fingerprint density at radius 3 is 2.04 bits per heavy atom. The summed E-state index contributed by atoms with van der Waals surface area (Å²) in [5, 5.41) is 8.09. The van der Waals surface area contributed by atoms with Crippen LogP contribution in [0.2, 0.25) is 0 Å². The molecule has 0 amide bonds. The highest BCUT2D eigenvalue weighted by Crippen LogP contribution is 2.40. The van der Waals surface area contributed by atoms with Crippen molar-refractivity contribution in [3.63, 3.8) is 0 Å². The molecule has 0 N–H and O–H groups in total. The molecule has 0 fully saturated rings. The molecule has 0 heteroatoms. The Labute approximate surface area is 135 Å². The first-order chi connectivity index (χ1) is 11.3. The summed E-state index contributed by atoms with van der Waals surface area (Å²) in [6, 6.07) is 28.7. The van der Waals surface area contributed by atoms with E-state index in [0.717, 1.165) is 0 Å². The van der Waals surface area contributed by atoms with Crippen LogP contribution in [0.4, 0.5) is 0 Å². The Morgan fingerprint density at radius 2 is 1.22 bits per heavy atom. The van der Waals surface area contributed by atoms with Gasteiger partial charge in [0.1, 0.15) is 0 Å². The van der Waals surface area contributed by atoms with Crippen LogP contribution >= 0.6 is 0 Å². The number of rotatable bonds is 1. The third-order valence-corrected chi connectivity index (χ3v) is 4.94. The van der Waals surface area contributed by atoms with E-state index in [1.165, 1.54) is 49.0 Å². The van der Waals surface area contributed by atoms with Gasteiger partial charge in [0.15, 0.2) is 0 Å². The minimum atomic E-state index is 1.32. The van der Waals surface area contributed by atoms with Crippen LogP contribution in [0.3, 0.4) is 0 Å². The first-order valence-corrected chi connectivity index (χ1v) is 8.05. The van der Waals surface area contributed by atoms with Crippen LogP contribution < -0.4 is 0 Å². The molecule has 0 radical (unpaired) electrons. The summed E-state index contributed by atoms with van der Waals surface area (Å²) in [4.78, 5) is 0. The molecular formula is C23H16. The van der Waals surface area contributed by atoms with Gasteiger partial charge in [-0.2, -0.15) is 0 Å². The predicted octanol–water partition coefficient (Wildman–Crippen LogP) is 6.56. The molecule has 5 aromatic carbocycles. The van der Waals surface area contributed by atoms with E-state index >= 15 is 0 Å². The molecule has 0 saturated carbocycles. The minimum absolute atomic E-state index is 1.32. The van der Waals surface area contributed by atoms with Gasteiger partial charge < -0.3 is 0 Å². The van der Waals surface area contributed by atoms with Crippen molar-refractivity contribution < 1.29 is 0 Å². The lowest BCUT2D eigenvalue weighted by Crippen LogP contribution is -1.89. The fourth-order valence-electron chi connectivity index (χ4n) is 3.86. The van der Waals surface area contributed by atoms with Crippen LogP contribution in [0.5, 0.6) is 0 Å². The van der Waals surface area contributed by atoms with Crippen LogP contribution in [0.25, 0.3) is 43.4 Å². The zero-order chi connectivity index (χ0) is 15.4. The molecular weight excluding hydrogens is 276 g/mol. The summed E-state index contributed by atoms with van der Waals surface area (Å²) in [5.41, 5.74) is 3.98. The fourth-order valence-corrected chi connectivity index (χ4v) is 3.86. The molecule has 5 rings (SSSR count). The van der Waals surface area contributed by atoms with Gasteiger partial charge in [0.05, 0.1) is 0 Å². The third kappa shape index (κ3) is 1.72. The molecule has 0 heterocycles. The second-order valence-corrected chi connectivity index (χ2v) is 6.29. The SMILES string of the molecule is Cc1ccccc1-c1cc2cccc3ccc4cccc1c4c32. The van der Waals surface area contributed by atoms with Crippen LogP contribution in [0.1, 0.15) is 5.56 Å². The van der Waals surface area contributed by atoms with Gasteiger partial charge in [-0.15, -0.1) is 0 Å². The van der Waals surface area contributed by atoms with E-state index in [2.05, 4.69) is 85.8 Å². The first-order valence-electron chi connectivity index (χ1n) is 8.05. The maximum atomic E-state index is 2.35. The highest BCUT2D eigenvalue weighted by molar-refractivity contribution is 6.26. The maximum absolute atomic E-state index is 2.35. The Balaban J connectivity index is 2.07. The van der Waals surface area contributed by atoms with E-state index in [-0.39, 0.29) is 0 Å². The van der Waals surface area contributed by atoms with Crippen LogP contribution in [-0.2, 0) is 0 Å². The molecule has 0 saturated heterocycles. The molecule has 0 nitrogen and oxygen atoms in total. The molecule has 0 spiro atoms. The fraction of sp³-hybridized carbons (Fsp3) is 0.0435. The van der Waals surface area contributed by atoms with Crippen molar-refractivity contribution in [3.8, 4) is 11.1 Å². The predicted molar refractivity (Wildman–Crippen MR) is 100 cm³/mol. The summed E-state index contributed by atoms with van der Waals surface area (Å²) in [6.07, 6.45) is 0. The second kappa shape index (κ2) is 4.57. The largest absolute Gasteiger partial charge is 0.0620 e. The topological polar surface area (TPSA) is 0 Å². The van der Waals surface area contributed by atoms with Crippen molar-refractivity contribution in [2.45, 2.75) is 6.92 Å². The lowest BCUT2D eigenvalue weighted by Gasteiger charge is -2.16. The van der Waals surface area contributed by atoms with Gasteiger partial charge in [-0.3, -0.25) is 0 Å². The molecule has 0 aliphatic carbocycles. The Kier molecular flexibility index (Phi) is 2.51. The van der Waals surface area contributed by atoms with E-state index in [0.29, 0.717) is 0 Å². The normalized spacial score (nSPS) is 11.7. The number of hydrogen-bond acceptors (Lipinski definition) is 0. The van der Waals surface area contributed by atoms with E-state index in [1.807, 2.05) is 0 Å². The zero-order valence-corrected chi connectivity index (χ0v) is 13.0. The van der Waals surface area contributed by atoms with Crippen molar-refractivity contribution in [2.24, 2.45) is 0 Å². The highest BCUT2D eigenvalue weighted by Gasteiger charge is 2.13. The molecule has 0 unspecified atom stereocenters. The lowest BCUT2D eigenvalue weighted by atomic mass is 9.88. The number of hydrogen-bond donors (Lipinski definition) is 0. The van der Waals surface area contributed by atoms with Crippen LogP contribution in [-0.4, -0.2) is 0 Å². The summed E-state index contributed by atoms with van der Waals surface area (Å²) in [7, 11) is 0. The van der Waals surface area contributed by atoms with E-state index in [1.54, 1.807) is 0 Å². The van der Waals surface area contributed by atoms with Crippen molar-refractivity contribution in [2.75, 3.05) is 0 Å². The van der Waals surface area contributed by atoms with Gasteiger partial charge in [-0.1, -0.05) is 72.8 Å². The Hall–Kier alpha value is -2.86. The standard InChI is InChI=1S/C23H16/c1-15-6-2-3-10-19(15)21-14-18-9-4-7-16-12-13-17-8-5-11-20(21)23(17)22(16)18/h2-14H,1H3. The van der Waals surface area contributed by atoms with Gasteiger partial charge >= 0.3 is 0 Å². The highest BCUT2D eigenvalue weighted by atomic mass is 14.2. The molecule has 0 aliphatic heterocycles. The summed E-state index contributed by atoms with van der Waals surface area (Å²) in [5.74, 6) is 0. The monoisotopic (exact) mass is 292 g/mol. The smallest absolute Gasteiger partial charge is 0.00206 e. The Bertz CT molecular complexity index is 1160. The number of benzene rings is 5. The van der Waals surface area contributed by atoms with E-state index < -0.39 is 0 Å². The molecule has 23 heavy (non-hydrogen) atoms. The van der Waals surface area contributed by atoms with Gasteiger partial charge in [-0.25, -0.2) is 0 Å². The molecule has 0 aliphatic rings. The van der Waals surface area contributed by atoms with E-state index in [9.17, 15) is 0 Å². The lowest BCUT2D eigenvalue weighted by molar-refractivity contribution is 1.47. The van der Waals surface area contributed by atoms with Crippen LogP contribution in [0.15, 0.2) is 78.9 Å². The summed E-state index contributed by atoms with van der Waals surface area (Å²) < 4.78 is 0. The van der Waals surface area contributed by atoms with Gasteiger partial charge in [0.25, 0.3) is 0 Å². The second-order valence-electron chi connectivity index (χ2n) is 6.29. The molecule has 5 aromatic rings. The van der Waals surface area contributed by atoms with Crippen molar-refractivity contribution in [3.05, 3.63) is 84.4 Å². The van der Waals surface area contributed by atoms with Crippen molar-refractivity contribution >= 4 is 32.3 Å². The third-order valence-electron chi connectivity index (χ3n) is 4.94. The van der Waals surface area contributed by atoms with Crippen molar-refractivity contribution in [1.29, 1.82) is 0 Å². The van der Waals surface area contributed by atoms with Crippen molar-refractivity contribution in [1.82, 2.24) is 0 Å². The van der Waals surface area contributed by atoms with Gasteiger partial charge in [-0.05, 0) is 62.0 Å². The average molecular weight is 292 g/mol. The molecule has 0 bridgehead atoms. The quantitative estimate of drug-likeness (QED) is 0.307. The summed E-state index contributed by atoms with van der Waals surface area (Å²) >= 11 is 0. The summed E-state index contributed by atoms with van der Waals surface area (Å²) in [6.45, 7) is 2.19. The van der Waals surface area contributed by atoms with Gasteiger partial charge in [0, 0.05) is 0 Å². The Morgan fingerprint density at radius 1 is 0.522 bits per heavy atom. The van der Waals surface area contributed by atoms with E-state index in [4.69, 9.17) is 0 Å². The number of aryl methyl sites for hydroxylation is 1. The van der Waals surface area contributed by atoms with Crippen LogP contribution in [0, 0.1) is 6.92 Å². The van der Waals surface area contributed by atoms with Gasteiger partial charge in [0.2, 0.25) is 0 Å². The first kappa shape index (κ1) is 12.7. The minimum Gasteiger partial charge on any atom is -0.0620 e. The molecule has 0 atom stereocenters.